The maximum absolute atomic E-state index is 10.2. The molecule has 13 heavy (non-hydrogen) atoms. The first kappa shape index (κ1) is 11.6. The van der Waals surface area contributed by atoms with Gasteiger partial charge in [0, 0.05) is 6.20 Å². The van der Waals surface area contributed by atoms with Gasteiger partial charge in [-0.05, 0) is 0 Å². The van der Waals surface area contributed by atoms with Gasteiger partial charge in [-0.2, -0.15) is 13.5 Å². The molecule has 5 N–H and O–H groups in total. The summed E-state index contributed by atoms with van der Waals surface area (Å²) in [5.74, 6) is -0.459. The SMILES string of the molecule is NC(=O)c1cn[nH]c1.O=S(=O)(O)O. The molecule has 0 fully saturated rings. The number of aromatic nitrogens is 2. The Morgan fingerprint density at radius 2 is 2.00 bits per heavy atom. The van der Waals surface area contributed by atoms with E-state index in [1.807, 2.05) is 0 Å². The zero-order chi connectivity index (χ0) is 10.5. The molecule has 1 amide bonds. The molecule has 0 spiro atoms. The van der Waals surface area contributed by atoms with Crippen LogP contribution in [0.15, 0.2) is 12.4 Å². The van der Waals surface area contributed by atoms with Gasteiger partial charge in [-0.25, -0.2) is 0 Å². The number of primary amides is 1. The number of nitrogens with one attached hydrogen (secondary N) is 1. The molecule has 0 radical (unpaired) electrons. The van der Waals surface area contributed by atoms with Crippen LogP contribution in [0.1, 0.15) is 10.4 Å². The van der Waals surface area contributed by atoms with Crippen molar-refractivity contribution >= 4 is 16.3 Å². The van der Waals surface area contributed by atoms with E-state index in [2.05, 4.69) is 10.2 Å². The molecule has 0 aromatic carbocycles. The van der Waals surface area contributed by atoms with Crippen molar-refractivity contribution in [3.8, 4) is 0 Å². The van der Waals surface area contributed by atoms with Crippen molar-refractivity contribution in [2.24, 2.45) is 5.73 Å². The van der Waals surface area contributed by atoms with Crippen LogP contribution in [0.2, 0.25) is 0 Å². The van der Waals surface area contributed by atoms with Crippen molar-refractivity contribution in [2.45, 2.75) is 0 Å². The van der Waals surface area contributed by atoms with E-state index in [-0.39, 0.29) is 0 Å². The summed E-state index contributed by atoms with van der Waals surface area (Å²) in [7, 11) is -4.67. The Morgan fingerprint density at radius 3 is 2.15 bits per heavy atom. The zero-order valence-electron chi connectivity index (χ0n) is 6.21. The average molecular weight is 209 g/mol. The Bertz CT molecular complexity index is 347. The fraction of sp³-hybridized carbons (Fsp3) is 0. The summed E-state index contributed by atoms with van der Waals surface area (Å²) in [4.78, 5) is 10.2. The monoisotopic (exact) mass is 209 g/mol. The second kappa shape index (κ2) is 4.54. The maximum atomic E-state index is 10.2. The third-order valence-corrected chi connectivity index (χ3v) is 0.783. The number of carbonyl (C=O) groups is 1. The molecule has 1 aromatic heterocycles. The van der Waals surface area contributed by atoms with Crippen LogP contribution in [0, 0.1) is 0 Å². The van der Waals surface area contributed by atoms with E-state index in [4.69, 9.17) is 23.3 Å². The van der Waals surface area contributed by atoms with E-state index >= 15 is 0 Å². The predicted octanol–water partition coefficient (Wildman–Crippen LogP) is -1.14. The summed E-state index contributed by atoms with van der Waals surface area (Å²) in [6, 6.07) is 0. The van der Waals surface area contributed by atoms with Gasteiger partial charge >= 0.3 is 10.4 Å². The highest BCUT2D eigenvalue weighted by Gasteiger charge is 1.96. The molecule has 1 aromatic rings. The van der Waals surface area contributed by atoms with Gasteiger partial charge in [0.25, 0.3) is 5.91 Å². The number of amides is 1. The lowest BCUT2D eigenvalue weighted by molar-refractivity contribution is 0.100. The number of hydrogen-bond acceptors (Lipinski definition) is 4. The van der Waals surface area contributed by atoms with Crippen molar-refractivity contribution in [1.82, 2.24) is 10.2 Å². The van der Waals surface area contributed by atoms with E-state index in [1.165, 1.54) is 12.4 Å². The summed E-state index contributed by atoms with van der Waals surface area (Å²) >= 11 is 0. The van der Waals surface area contributed by atoms with Crippen LogP contribution in [0.5, 0.6) is 0 Å². The van der Waals surface area contributed by atoms with E-state index < -0.39 is 16.3 Å². The highest BCUT2D eigenvalue weighted by atomic mass is 32.3. The molecule has 0 aliphatic heterocycles. The number of nitrogens with two attached hydrogens (primary N) is 1. The molecule has 74 valence electrons. The highest BCUT2D eigenvalue weighted by molar-refractivity contribution is 7.79. The fourth-order valence-electron chi connectivity index (χ4n) is 0.386. The summed E-state index contributed by atoms with van der Waals surface area (Å²) < 4.78 is 31.6. The lowest BCUT2D eigenvalue weighted by atomic mass is 10.4. The van der Waals surface area contributed by atoms with Gasteiger partial charge in [0.2, 0.25) is 0 Å². The number of carbonyl (C=O) groups excluding carboxylic acids is 1. The number of aromatic amines is 1. The number of hydrogen-bond donors (Lipinski definition) is 4. The smallest absolute Gasteiger partial charge is 0.366 e. The van der Waals surface area contributed by atoms with Gasteiger partial charge in [-0.15, -0.1) is 0 Å². The van der Waals surface area contributed by atoms with Gasteiger partial charge in [0.15, 0.2) is 0 Å². The Labute approximate surface area is 73.3 Å². The van der Waals surface area contributed by atoms with Gasteiger partial charge in [-0.1, -0.05) is 0 Å². The minimum atomic E-state index is -4.67. The highest BCUT2D eigenvalue weighted by Crippen LogP contribution is 1.88. The molecule has 1 heterocycles. The molecule has 8 nitrogen and oxygen atoms in total. The number of nitrogens with zero attached hydrogens (tertiary/aromatic N) is 1. The molecule has 0 bridgehead atoms. The van der Waals surface area contributed by atoms with Gasteiger partial charge in [-0.3, -0.25) is 19.0 Å². The zero-order valence-corrected chi connectivity index (χ0v) is 7.02. The quantitative estimate of drug-likeness (QED) is 0.429. The predicted molar refractivity (Wildman–Crippen MR) is 41.3 cm³/mol. The molecular weight excluding hydrogens is 202 g/mol. The van der Waals surface area contributed by atoms with Crippen LogP contribution in [0.3, 0.4) is 0 Å². The molecule has 9 heteroatoms. The van der Waals surface area contributed by atoms with Crippen molar-refractivity contribution in [1.29, 1.82) is 0 Å². The van der Waals surface area contributed by atoms with E-state index in [1.54, 1.807) is 0 Å². The molecule has 0 saturated carbocycles. The summed E-state index contributed by atoms with van der Waals surface area (Å²) in [5.41, 5.74) is 5.27. The largest absolute Gasteiger partial charge is 0.394 e. The topological polar surface area (TPSA) is 146 Å². The Balaban J connectivity index is 0.000000252. The Morgan fingerprint density at radius 1 is 1.54 bits per heavy atom. The average Bonchev–Trinajstić information content (AvgIpc) is 2.31. The van der Waals surface area contributed by atoms with Crippen LogP contribution >= 0.6 is 0 Å². The molecular formula is C4H7N3O5S. The second-order valence-corrected chi connectivity index (χ2v) is 2.69. The Kier molecular flexibility index (Phi) is 4.04. The van der Waals surface area contributed by atoms with Crippen LogP contribution < -0.4 is 5.73 Å². The van der Waals surface area contributed by atoms with Gasteiger partial charge in [0.05, 0.1) is 11.8 Å². The first-order chi connectivity index (χ1) is 5.80. The van der Waals surface area contributed by atoms with E-state index in [9.17, 15) is 4.79 Å². The van der Waals surface area contributed by atoms with Gasteiger partial charge in [0.1, 0.15) is 0 Å². The van der Waals surface area contributed by atoms with Crippen LogP contribution in [0.25, 0.3) is 0 Å². The molecule has 0 aliphatic rings. The van der Waals surface area contributed by atoms with E-state index in [0.717, 1.165) is 0 Å². The third-order valence-electron chi connectivity index (χ3n) is 0.783. The van der Waals surface area contributed by atoms with Gasteiger partial charge < -0.3 is 5.73 Å². The normalized spacial score (nSPS) is 10.0. The van der Waals surface area contributed by atoms with Crippen LogP contribution in [0.4, 0.5) is 0 Å². The standard InChI is InChI=1S/C4H5N3O.H2O4S/c5-4(8)3-1-6-7-2-3;1-5(2,3)4/h1-2H,(H2,5,8)(H,6,7);(H2,1,2,3,4). The fourth-order valence-corrected chi connectivity index (χ4v) is 0.386. The summed E-state index contributed by atoms with van der Waals surface area (Å²) in [5, 5.41) is 5.98. The minimum absolute atomic E-state index is 0.407. The second-order valence-electron chi connectivity index (χ2n) is 1.80. The number of rotatable bonds is 1. The third kappa shape index (κ3) is 8.46. The first-order valence-corrected chi connectivity index (χ1v) is 4.19. The molecule has 0 saturated heterocycles. The molecule has 0 aliphatic carbocycles. The molecule has 0 unspecified atom stereocenters. The molecule has 0 atom stereocenters. The van der Waals surface area contributed by atoms with Crippen molar-refractivity contribution in [3.05, 3.63) is 18.0 Å². The lowest BCUT2D eigenvalue weighted by Crippen LogP contribution is -2.09. The van der Waals surface area contributed by atoms with Crippen molar-refractivity contribution in [2.75, 3.05) is 0 Å². The van der Waals surface area contributed by atoms with Crippen molar-refractivity contribution in [3.63, 3.8) is 0 Å². The Hall–Kier alpha value is -1.45. The van der Waals surface area contributed by atoms with Crippen LogP contribution in [-0.2, 0) is 10.4 Å². The lowest BCUT2D eigenvalue weighted by Gasteiger charge is -1.78. The minimum Gasteiger partial charge on any atom is -0.366 e. The van der Waals surface area contributed by atoms with Crippen LogP contribution in [-0.4, -0.2) is 33.6 Å². The van der Waals surface area contributed by atoms with E-state index in [0.29, 0.717) is 5.56 Å². The van der Waals surface area contributed by atoms with Crippen molar-refractivity contribution < 1.29 is 22.3 Å². The first-order valence-electron chi connectivity index (χ1n) is 2.79. The summed E-state index contributed by atoms with van der Waals surface area (Å²) in [6.07, 6.45) is 2.82. The summed E-state index contributed by atoms with van der Waals surface area (Å²) in [6.45, 7) is 0. The maximum Gasteiger partial charge on any atom is 0.394 e. The number of H-pyrrole nitrogens is 1. The molecule has 1 rings (SSSR count).